The third-order valence-corrected chi connectivity index (χ3v) is 5.41. The Morgan fingerprint density at radius 3 is 2.47 bits per heavy atom. The van der Waals surface area contributed by atoms with E-state index >= 15 is 0 Å². The van der Waals surface area contributed by atoms with E-state index in [9.17, 15) is 4.39 Å². The first-order valence-corrected chi connectivity index (χ1v) is 11.0. The number of nitrogens with two attached hydrogens (primary N) is 1. The summed E-state index contributed by atoms with van der Waals surface area (Å²) in [6.07, 6.45) is 4.64. The molecule has 1 fully saturated rings. The van der Waals surface area contributed by atoms with Crippen LogP contribution in [0.3, 0.4) is 0 Å². The van der Waals surface area contributed by atoms with Crippen molar-refractivity contribution in [3.05, 3.63) is 54.3 Å². The predicted octanol–water partition coefficient (Wildman–Crippen LogP) is 4.24. The van der Waals surface area contributed by atoms with Gasteiger partial charge in [-0.2, -0.15) is 0 Å². The van der Waals surface area contributed by atoms with Crippen LogP contribution in [0, 0.1) is 5.82 Å². The van der Waals surface area contributed by atoms with Crippen molar-refractivity contribution in [2.45, 2.75) is 25.7 Å². The molecule has 0 atom stereocenters. The number of unbranched alkanes of at least 4 members (excludes halogenated alkanes) is 3. The van der Waals surface area contributed by atoms with Gasteiger partial charge in [0.25, 0.3) is 0 Å². The number of anilines is 2. The highest BCUT2D eigenvalue weighted by Crippen LogP contribution is 2.19. The molecule has 1 aliphatic rings. The van der Waals surface area contributed by atoms with Crippen molar-refractivity contribution in [1.82, 2.24) is 4.90 Å². The van der Waals surface area contributed by atoms with Crippen molar-refractivity contribution in [3.8, 4) is 5.75 Å². The van der Waals surface area contributed by atoms with Gasteiger partial charge in [-0.15, -0.1) is 0 Å². The van der Waals surface area contributed by atoms with Crippen LogP contribution in [-0.4, -0.2) is 49.3 Å². The van der Waals surface area contributed by atoms with Gasteiger partial charge in [-0.3, -0.25) is 4.90 Å². The molecule has 162 valence electrons. The molecule has 1 heterocycles. The molecule has 5 nitrogen and oxygen atoms in total. The number of nitrogens with zero attached hydrogens (tertiary/aromatic N) is 2. The Balaban J connectivity index is 1.23. The second-order valence-electron chi connectivity index (χ2n) is 7.58. The highest BCUT2D eigenvalue weighted by molar-refractivity contribution is 7.80. The van der Waals surface area contributed by atoms with Crippen molar-refractivity contribution in [3.63, 3.8) is 0 Å². The zero-order chi connectivity index (χ0) is 21.2. The van der Waals surface area contributed by atoms with Crippen LogP contribution in [0.25, 0.3) is 0 Å². The summed E-state index contributed by atoms with van der Waals surface area (Å²) < 4.78 is 18.9. The molecule has 0 aromatic heterocycles. The largest absolute Gasteiger partial charge is 0.494 e. The van der Waals surface area contributed by atoms with Crippen molar-refractivity contribution in [2.24, 2.45) is 5.73 Å². The van der Waals surface area contributed by atoms with Crippen LogP contribution in [0.2, 0.25) is 0 Å². The Morgan fingerprint density at radius 2 is 1.73 bits per heavy atom. The van der Waals surface area contributed by atoms with E-state index in [0.29, 0.717) is 6.61 Å². The van der Waals surface area contributed by atoms with E-state index in [2.05, 4.69) is 15.1 Å². The van der Waals surface area contributed by atoms with Crippen LogP contribution in [0.4, 0.5) is 15.8 Å². The fourth-order valence-electron chi connectivity index (χ4n) is 3.67. The zero-order valence-corrected chi connectivity index (χ0v) is 18.2. The number of hydrogen-bond donors (Lipinski definition) is 2. The molecule has 1 saturated heterocycles. The highest BCUT2D eigenvalue weighted by atomic mass is 32.1. The topological polar surface area (TPSA) is 53.8 Å². The summed E-state index contributed by atoms with van der Waals surface area (Å²) in [5, 5.41) is 3.17. The zero-order valence-electron chi connectivity index (χ0n) is 17.4. The molecule has 0 bridgehead atoms. The second kappa shape index (κ2) is 11.7. The molecule has 7 heteroatoms. The molecule has 3 rings (SSSR count). The molecule has 0 spiro atoms. The summed E-state index contributed by atoms with van der Waals surface area (Å²) in [4.78, 5) is 4.86. The van der Waals surface area contributed by atoms with Gasteiger partial charge in [0.05, 0.1) is 6.61 Å². The molecule has 3 N–H and O–H groups in total. The van der Waals surface area contributed by atoms with Crippen molar-refractivity contribution < 1.29 is 9.13 Å². The van der Waals surface area contributed by atoms with Crippen molar-refractivity contribution in [1.29, 1.82) is 0 Å². The molecule has 0 saturated carbocycles. The standard InChI is InChI=1S/C23H31FN4OS/c24-19-8-10-21(11-9-19)28-15-13-27(14-16-28)12-3-1-2-4-17-29-22-7-5-6-20(18-22)26-23(25)30/h5-11,18H,1-4,12-17H2,(H3,25,26,30). The van der Waals surface area contributed by atoms with Crippen LogP contribution in [0.15, 0.2) is 48.5 Å². The Labute approximate surface area is 184 Å². The fraction of sp³-hybridized carbons (Fsp3) is 0.435. The molecular weight excluding hydrogens is 399 g/mol. The van der Waals surface area contributed by atoms with Gasteiger partial charge in [0.2, 0.25) is 0 Å². The molecule has 2 aromatic rings. The first-order chi connectivity index (χ1) is 14.6. The van der Waals surface area contributed by atoms with Gasteiger partial charge >= 0.3 is 0 Å². The highest BCUT2D eigenvalue weighted by Gasteiger charge is 2.16. The van der Waals surface area contributed by atoms with E-state index in [1.54, 1.807) is 0 Å². The van der Waals surface area contributed by atoms with E-state index in [1.165, 1.54) is 31.4 Å². The van der Waals surface area contributed by atoms with Gasteiger partial charge in [0.15, 0.2) is 5.11 Å². The first kappa shape index (κ1) is 22.3. The summed E-state index contributed by atoms with van der Waals surface area (Å²) in [5.74, 6) is 0.653. The van der Waals surface area contributed by atoms with Crippen LogP contribution in [-0.2, 0) is 0 Å². The van der Waals surface area contributed by atoms with Crippen LogP contribution < -0.4 is 20.7 Å². The summed E-state index contributed by atoms with van der Waals surface area (Å²) in [5.41, 5.74) is 7.46. The minimum absolute atomic E-state index is 0.176. The molecule has 0 unspecified atom stereocenters. The van der Waals surface area contributed by atoms with Crippen LogP contribution in [0.5, 0.6) is 5.75 Å². The van der Waals surface area contributed by atoms with Gasteiger partial charge in [-0.1, -0.05) is 18.9 Å². The summed E-state index contributed by atoms with van der Waals surface area (Å²) in [6.45, 7) is 6.00. The third kappa shape index (κ3) is 7.46. The minimum atomic E-state index is -0.176. The number of nitrogens with one attached hydrogen (secondary N) is 1. The SMILES string of the molecule is NC(=S)Nc1cccc(OCCCCCCN2CCN(c3ccc(F)cc3)CC2)c1. The number of piperazine rings is 1. The smallest absolute Gasteiger partial charge is 0.168 e. The fourth-order valence-corrected chi connectivity index (χ4v) is 3.79. The maximum atomic E-state index is 13.1. The van der Waals surface area contributed by atoms with E-state index in [4.69, 9.17) is 22.7 Å². The van der Waals surface area contributed by atoms with Crippen LogP contribution >= 0.6 is 12.2 Å². The summed E-state index contributed by atoms with van der Waals surface area (Å²) in [7, 11) is 0. The quantitative estimate of drug-likeness (QED) is 0.434. The van der Waals surface area contributed by atoms with E-state index in [-0.39, 0.29) is 10.9 Å². The Bertz CT molecular complexity index is 794. The molecule has 0 amide bonds. The number of rotatable bonds is 10. The van der Waals surface area contributed by atoms with E-state index in [0.717, 1.165) is 56.3 Å². The Morgan fingerprint density at radius 1 is 1.00 bits per heavy atom. The first-order valence-electron chi connectivity index (χ1n) is 10.6. The molecule has 0 aliphatic carbocycles. The number of benzene rings is 2. The van der Waals surface area contributed by atoms with Crippen molar-refractivity contribution >= 4 is 28.7 Å². The lowest BCUT2D eigenvalue weighted by Gasteiger charge is -2.36. The normalized spacial score (nSPS) is 14.5. The monoisotopic (exact) mass is 430 g/mol. The van der Waals surface area contributed by atoms with Crippen molar-refractivity contribution in [2.75, 3.05) is 49.5 Å². The third-order valence-electron chi connectivity index (χ3n) is 5.30. The van der Waals surface area contributed by atoms with Crippen LogP contribution in [0.1, 0.15) is 25.7 Å². The van der Waals surface area contributed by atoms with Gasteiger partial charge in [-0.25, -0.2) is 4.39 Å². The van der Waals surface area contributed by atoms with Gasteiger partial charge < -0.3 is 20.7 Å². The molecular formula is C23H31FN4OS. The van der Waals surface area contributed by atoms with Gasteiger partial charge in [0.1, 0.15) is 11.6 Å². The summed E-state index contributed by atoms with van der Waals surface area (Å²) in [6, 6.07) is 14.5. The average Bonchev–Trinajstić information content (AvgIpc) is 2.74. The summed E-state index contributed by atoms with van der Waals surface area (Å²) >= 11 is 4.85. The Hall–Kier alpha value is -2.38. The minimum Gasteiger partial charge on any atom is -0.494 e. The lowest BCUT2D eigenvalue weighted by molar-refractivity contribution is 0.249. The van der Waals surface area contributed by atoms with Gasteiger partial charge in [-0.05, 0) is 68.0 Å². The molecule has 0 radical (unpaired) electrons. The van der Waals surface area contributed by atoms with E-state index < -0.39 is 0 Å². The van der Waals surface area contributed by atoms with E-state index in [1.807, 2.05) is 36.4 Å². The number of ether oxygens (including phenoxy) is 1. The second-order valence-corrected chi connectivity index (χ2v) is 8.02. The lowest BCUT2D eigenvalue weighted by atomic mass is 10.2. The number of hydrogen-bond acceptors (Lipinski definition) is 4. The number of thiocarbonyl (C=S) groups is 1. The molecule has 30 heavy (non-hydrogen) atoms. The molecule has 1 aliphatic heterocycles. The lowest BCUT2D eigenvalue weighted by Crippen LogP contribution is -2.46. The Kier molecular flexibility index (Phi) is 8.71. The molecule has 2 aromatic carbocycles. The number of halogens is 1. The maximum Gasteiger partial charge on any atom is 0.168 e. The maximum absolute atomic E-state index is 13.1. The van der Waals surface area contributed by atoms with Gasteiger partial charge in [0, 0.05) is 43.6 Å². The average molecular weight is 431 g/mol. The predicted molar refractivity (Wildman–Crippen MR) is 126 cm³/mol.